The van der Waals surface area contributed by atoms with Crippen LogP contribution in [0.5, 0.6) is 0 Å². The lowest BCUT2D eigenvalue weighted by Crippen LogP contribution is -2.31. The molecule has 0 radical (unpaired) electrons. The summed E-state index contributed by atoms with van der Waals surface area (Å²) in [4.78, 5) is 29.3. The Morgan fingerprint density at radius 1 is 1.43 bits per heavy atom. The maximum atomic E-state index is 14.2. The summed E-state index contributed by atoms with van der Waals surface area (Å²) in [7, 11) is 0. The molecular formula is C15H16ClFN4O2. The maximum Gasteiger partial charge on any atom is 0.274 e. The van der Waals surface area contributed by atoms with Crippen molar-refractivity contribution in [1.29, 1.82) is 0 Å². The van der Waals surface area contributed by atoms with Crippen LogP contribution in [0.3, 0.4) is 0 Å². The highest BCUT2D eigenvalue weighted by Crippen LogP contribution is 2.15. The first-order valence-corrected chi connectivity index (χ1v) is 7.83. The molecule has 3 heterocycles. The Kier molecular flexibility index (Phi) is 4.47. The molecular weight excluding hydrogens is 323 g/mol. The normalized spacial score (nSPS) is 14.7. The van der Waals surface area contributed by atoms with Crippen LogP contribution < -0.4 is 5.32 Å². The molecule has 0 bridgehead atoms. The Balaban J connectivity index is 1.58. The van der Waals surface area contributed by atoms with Gasteiger partial charge in [0.15, 0.2) is 5.69 Å². The molecule has 0 aliphatic carbocycles. The lowest BCUT2D eigenvalue weighted by molar-refractivity contribution is -0.127. The highest BCUT2D eigenvalue weighted by molar-refractivity contribution is 6.30. The Morgan fingerprint density at radius 2 is 2.26 bits per heavy atom. The van der Waals surface area contributed by atoms with Crippen LogP contribution in [-0.2, 0) is 4.79 Å². The molecule has 1 N–H and O–H groups in total. The Labute approximate surface area is 137 Å². The first kappa shape index (κ1) is 15.7. The average Bonchev–Trinajstić information content (AvgIpc) is 3.08. The lowest BCUT2D eigenvalue weighted by atomic mass is 10.3. The topological polar surface area (TPSA) is 66.7 Å². The van der Waals surface area contributed by atoms with Gasteiger partial charge in [-0.05, 0) is 25.0 Å². The molecule has 2 aromatic heterocycles. The fourth-order valence-electron chi connectivity index (χ4n) is 2.63. The number of carbonyl (C=O) groups excluding carboxylic acids is 2. The molecule has 0 saturated carbocycles. The van der Waals surface area contributed by atoms with E-state index in [0.717, 1.165) is 17.4 Å². The second kappa shape index (κ2) is 6.54. The predicted molar refractivity (Wildman–Crippen MR) is 82.9 cm³/mol. The summed E-state index contributed by atoms with van der Waals surface area (Å²) < 4.78 is 15.3. The van der Waals surface area contributed by atoms with Crippen LogP contribution in [-0.4, -0.2) is 45.7 Å². The molecule has 1 aliphatic rings. The van der Waals surface area contributed by atoms with Crippen LogP contribution in [0.15, 0.2) is 18.3 Å². The van der Waals surface area contributed by atoms with Gasteiger partial charge >= 0.3 is 0 Å². The summed E-state index contributed by atoms with van der Waals surface area (Å²) in [5, 5.41) is 2.99. The highest BCUT2D eigenvalue weighted by Gasteiger charge is 2.21. The number of imidazole rings is 1. The average molecular weight is 339 g/mol. The van der Waals surface area contributed by atoms with Crippen molar-refractivity contribution < 1.29 is 14.0 Å². The summed E-state index contributed by atoms with van der Waals surface area (Å²) in [6.07, 6.45) is 3.48. The third-order valence-corrected chi connectivity index (χ3v) is 4.02. The summed E-state index contributed by atoms with van der Waals surface area (Å²) in [5.74, 6) is -1.16. The van der Waals surface area contributed by atoms with E-state index >= 15 is 0 Å². The summed E-state index contributed by atoms with van der Waals surface area (Å²) in [5.41, 5.74) is 0.0595. The van der Waals surface area contributed by atoms with Crippen molar-refractivity contribution in [1.82, 2.24) is 19.6 Å². The summed E-state index contributed by atoms with van der Waals surface area (Å²) in [6, 6.07) is 3.12. The Hall–Kier alpha value is -2.15. The van der Waals surface area contributed by atoms with Crippen LogP contribution in [0, 0.1) is 5.95 Å². The van der Waals surface area contributed by atoms with E-state index in [0.29, 0.717) is 36.6 Å². The number of rotatable bonds is 5. The van der Waals surface area contributed by atoms with Gasteiger partial charge in [-0.15, -0.1) is 0 Å². The van der Waals surface area contributed by atoms with Gasteiger partial charge in [0.05, 0.1) is 5.02 Å². The van der Waals surface area contributed by atoms with Gasteiger partial charge in [0.2, 0.25) is 11.9 Å². The molecule has 0 spiro atoms. The quantitative estimate of drug-likeness (QED) is 0.846. The number of fused-ring (bicyclic) bond motifs is 1. The van der Waals surface area contributed by atoms with Crippen LogP contribution >= 0.6 is 11.6 Å². The van der Waals surface area contributed by atoms with Crippen LogP contribution in [0.25, 0.3) is 5.65 Å². The predicted octanol–water partition coefficient (Wildman–Crippen LogP) is 1.87. The molecule has 2 aromatic rings. The minimum absolute atomic E-state index is 0.152. The highest BCUT2D eigenvalue weighted by atomic mass is 35.5. The third kappa shape index (κ3) is 3.29. The molecule has 122 valence electrons. The van der Waals surface area contributed by atoms with E-state index in [4.69, 9.17) is 11.6 Å². The van der Waals surface area contributed by atoms with Crippen LogP contribution in [0.1, 0.15) is 29.8 Å². The number of amides is 2. The second-order valence-corrected chi connectivity index (χ2v) is 5.86. The van der Waals surface area contributed by atoms with E-state index in [9.17, 15) is 14.0 Å². The molecule has 0 aromatic carbocycles. The number of aromatic nitrogens is 2. The fraction of sp³-hybridized carbons (Fsp3) is 0.400. The largest absolute Gasteiger partial charge is 0.350 e. The van der Waals surface area contributed by atoms with Gasteiger partial charge < -0.3 is 10.2 Å². The smallest absolute Gasteiger partial charge is 0.274 e. The second-order valence-electron chi connectivity index (χ2n) is 5.42. The zero-order chi connectivity index (χ0) is 16.4. The minimum atomic E-state index is -0.741. The maximum absolute atomic E-state index is 14.2. The van der Waals surface area contributed by atoms with E-state index in [-0.39, 0.29) is 11.6 Å². The summed E-state index contributed by atoms with van der Waals surface area (Å²) >= 11 is 5.81. The van der Waals surface area contributed by atoms with Gasteiger partial charge in [-0.3, -0.25) is 14.0 Å². The number of hydrogen-bond donors (Lipinski definition) is 1. The van der Waals surface area contributed by atoms with E-state index in [2.05, 4.69) is 10.3 Å². The Morgan fingerprint density at radius 3 is 3.00 bits per heavy atom. The number of nitrogens with one attached hydrogen (secondary N) is 1. The molecule has 3 rings (SSSR count). The zero-order valence-electron chi connectivity index (χ0n) is 12.4. The van der Waals surface area contributed by atoms with E-state index < -0.39 is 11.9 Å². The number of halogens is 2. The lowest BCUT2D eigenvalue weighted by Gasteiger charge is -2.15. The standard InChI is InChI=1S/C15H16ClFN4O2/c16-10-4-5-11-19-13(14(17)21(11)9-10)15(23)18-6-2-8-20-7-1-3-12(20)22/h4-5,9H,1-3,6-8H2,(H,18,23). The fourth-order valence-corrected chi connectivity index (χ4v) is 2.79. The van der Waals surface area contributed by atoms with Gasteiger partial charge in [0.25, 0.3) is 5.91 Å². The van der Waals surface area contributed by atoms with Gasteiger partial charge in [-0.1, -0.05) is 11.6 Å². The molecule has 23 heavy (non-hydrogen) atoms. The first-order chi connectivity index (χ1) is 11.1. The van der Waals surface area contributed by atoms with E-state index in [1.165, 1.54) is 6.20 Å². The molecule has 0 atom stereocenters. The number of hydrogen-bond acceptors (Lipinski definition) is 3. The molecule has 8 heteroatoms. The van der Waals surface area contributed by atoms with Gasteiger partial charge in [0.1, 0.15) is 5.65 Å². The van der Waals surface area contributed by atoms with Crippen molar-refractivity contribution in [3.8, 4) is 0 Å². The Bertz CT molecular complexity index is 761. The van der Waals surface area contributed by atoms with Gasteiger partial charge in [-0.2, -0.15) is 4.39 Å². The van der Waals surface area contributed by atoms with Gasteiger partial charge in [0, 0.05) is 32.3 Å². The monoisotopic (exact) mass is 338 g/mol. The summed E-state index contributed by atoms with van der Waals surface area (Å²) in [6.45, 7) is 1.73. The molecule has 1 aliphatic heterocycles. The number of pyridine rings is 1. The van der Waals surface area contributed by atoms with Crippen LogP contribution in [0.2, 0.25) is 5.02 Å². The number of nitrogens with zero attached hydrogens (tertiary/aromatic N) is 3. The van der Waals surface area contributed by atoms with Crippen molar-refractivity contribution in [3.05, 3.63) is 35.0 Å². The van der Waals surface area contributed by atoms with Crippen molar-refractivity contribution in [2.45, 2.75) is 19.3 Å². The molecule has 1 fully saturated rings. The minimum Gasteiger partial charge on any atom is -0.350 e. The molecule has 0 unspecified atom stereocenters. The number of carbonyl (C=O) groups is 2. The van der Waals surface area contributed by atoms with Crippen molar-refractivity contribution in [3.63, 3.8) is 0 Å². The SMILES string of the molecule is O=C(NCCCN1CCCC1=O)c1nc2ccc(Cl)cn2c1F. The van der Waals surface area contributed by atoms with Crippen molar-refractivity contribution in [2.75, 3.05) is 19.6 Å². The number of likely N-dealkylation sites (tertiary alicyclic amines) is 1. The molecule has 2 amide bonds. The molecule has 1 saturated heterocycles. The van der Waals surface area contributed by atoms with Crippen LogP contribution in [0.4, 0.5) is 4.39 Å². The zero-order valence-corrected chi connectivity index (χ0v) is 13.1. The molecule has 6 nitrogen and oxygen atoms in total. The van der Waals surface area contributed by atoms with Crippen molar-refractivity contribution in [2.24, 2.45) is 0 Å². The van der Waals surface area contributed by atoms with E-state index in [1.807, 2.05) is 0 Å². The third-order valence-electron chi connectivity index (χ3n) is 3.80. The van der Waals surface area contributed by atoms with Crippen molar-refractivity contribution >= 4 is 29.1 Å². The van der Waals surface area contributed by atoms with Gasteiger partial charge in [-0.25, -0.2) is 4.98 Å². The van der Waals surface area contributed by atoms with E-state index in [1.54, 1.807) is 17.0 Å². The first-order valence-electron chi connectivity index (χ1n) is 7.45.